The van der Waals surface area contributed by atoms with Crippen molar-refractivity contribution in [3.8, 4) is 11.5 Å². The molecule has 0 saturated carbocycles. The molecule has 0 aliphatic heterocycles. The summed E-state index contributed by atoms with van der Waals surface area (Å²) in [6.45, 7) is 8.97. The number of nitrogens with one attached hydrogen (secondary N) is 3. The number of aryl methyl sites for hydroxylation is 1. The van der Waals surface area contributed by atoms with Crippen molar-refractivity contribution in [3.05, 3.63) is 54.4 Å². The van der Waals surface area contributed by atoms with Crippen molar-refractivity contribution in [1.29, 1.82) is 0 Å². The summed E-state index contributed by atoms with van der Waals surface area (Å²) in [5.41, 5.74) is 1.17. The number of hydrogen-bond acceptors (Lipinski definition) is 8. The molecule has 0 amide bonds. The minimum Gasteiger partial charge on any atom is -0.494 e. The Hall–Kier alpha value is -3.53. The number of benzene rings is 2. The second-order valence-corrected chi connectivity index (χ2v) is 8.65. The minimum absolute atomic E-state index is 0.0184. The van der Waals surface area contributed by atoms with Gasteiger partial charge >= 0.3 is 0 Å². The average Bonchev–Trinajstić information content (AvgIpc) is 2.76. The molecular formula is C23H29N5O4S. The van der Waals surface area contributed by atoms with Crippen LogP contribution >= 0.6 is 0 Å². The standard InChI is InChI=1S/C23H29N5O4S/c1-5-24-22-15-23(26-16(4)25-22)27-17-8-10-18(11-9-17)28-33(29,30)21-14-19(31-6-2)12-13-20(21)32-7-3/h8-15,28H,5-7H2,1-4H3,(H2,24,25,26,27). The number of anilines is 4. The first-order chi connectivity index (χ1) is 15.8. The van der Waals surface area contributed by atoms with E-state index in [4.69, 9.17) is 9.47 Å². The monoisotopic (exact) mass is 471 g/mol. The molecule has 10 heteroatoms. The molecule has 0 atom stereocenters. The van der Waals surface area contributed by atoms with Gasteiger partial charge in [-0.2, -0.15) is 0 Å². The number of sulfonamides is 1. The zero-order chi connectivity index (χ0) is 23.8. The molecule has 0 fully saturated rings. The normalized spacial score (nSPS) is 11.0. The number of hydrogen-bond donors (Lipinski definition) is 3. The third-order valence-corrected chi connectivity index (χ3v) is 5.82. The molecule has 3 N–H and O–H groups in total. The molecule has 1 heterocycles. The van der Waals surface area contributed by atoms with E-state index >= 15 is 0 Å². The van der Waals surface area contributed by atoms with Gasteiger partial charge in [0.25, 0.3) is 10.0 Å². The summed E-state index contributed by atoms with van der Waals surface area (Å²) < 4.78 is 39.7. The Morgan fingerprint density at radius 1 is 0.848 bits per heavy atom. The topological polar surface area (TPSA) is 114 Å². The fraction of sp³-hybridized carbons (Fsp3) is 0.304. The van der Waals surface area contributed by atoms with Crippen LogP contribution in [0.2, 0.25) is 0 Å². The Morgan fingerprint density at radius 2 is 1.52 bits per heavy atom. The van der Waals surface area contributed by atoms with Crippen molar-refractivity contribution in [2.75, 3.05) is 35.1 Å². The third-order valence-electron chi connectivity index (χ3n) is 4.42. The van der Waals surface area contributed by atoms with Gasteiger partial charge in [-0.15, -0.1) is 0 Å². The number of ether oxygens (including phenoxy) is 2. The molecule has 176 valence electrons. The fourth-order valence-corrected chi connectivity index (χ4v) is 4.33. The van der Waals surface area contributed by atoms with Crippen LogP contribution in [0.1, 0.15) is 26.6 Å². The molecule has 0 unspecified atom stereocenters. The first-order valence-corrected chi connectivity index (χ1v) is 12.2. The molecule has 0 spiro atoms. The highest BCUT2D eigenvalue weighted by Gasteiger charge is 2.21. The molecule has 0 saturated heterocycles. The molecule has 2 aromatic carbocycles. The maximum Gasteiger partial charge on any atom is 0.265 e. The van der Waals surface area contributed by atoms with Gasteiger partial charge in [-0.05, 0) is 64.1 Å². The van der Waals surface area contributed by atoms with Gasteiger partial charge in [0.2, 0.25) is 0 Å². The first kappa shape index (κ1) is 24.1. The second kappa shape index (κ2) is 10.9. The van der Waals surface area contributed by atoms with Gasteiger partial charge in [0.05, 0.1) is 13.2 Å². The van der Waals surface area contributed by atoms with Gasteiger partial charge in [-0.3, -0.25) is 4.72 Å². The van der Waals surface area contributed by atoms with Crippen LogP contribution in [0.3, 0.4) is 0 Å². The predicted molar refractivity (Wildman–Crippen MR) is 130 cm³/mol. The van der Waals surface area contributed by atoms with Gasteiger partial charge in [0, 0.05) is 30.1 Å². The molecule has 0 radical (unpaired) electrons. The van der Waals surface area contributed by atoms with Gasteiger partial charge in [-0.25, -0.2) is 18.4 Å². The summed E-state index contributed by atoms with van der Waals surface area (Å²) >= 11 is 0. The Kier molecular flexibility index (Phi) is 7.94. The SMILES string of the molecule is CCNc1cc(Nc2ccc(NS(=O)(=O)c3cc(OCC)ccc3OCC)cc2)nc(C)n1. The van der Waals surface area contributed by atoms with E-state index in [9.17, 15) is 8.42 Å². The van der Waals surface area contributed by atoms with E-state index in [-0.39, 0.29) is 10.6 Å². The van der Waals surface area contributed by atoms with Crippen LogP contribution in [-0.4, -0.2) is 38.1 Å². The van der Waals surface area contributed by atoms with E-state index in [1.54, 1.807) is 43.3 Å². The van der Waals surface area contributed by atoms with Crippen molar-refractivity contribution >= 4 is 33.0 Å². The maximum atomic E-state index is 13.1. The minimum atomic E-state index is -3.90. The Bertz CT molecular complexity index is 1180. The van der Waals surface area contributed by atoms with Crippen molar-refractivity contribution in [2.45, 2.75) is 32.6 Å². The van der Waals surface area contributed by atoms with Crippen molar-refractivity contribution in [1.82, 2.24) is 9.97 Å². The molecule has 0 aliphatic carbocycles. The first-order valence-electron chi connectivity index (χ1n) is 10.7. The molecule has 3 rings (SSSR count). The fourth-order valence-electron chi connectivity index (χ4n) is 3.11. The van der Waals surface area contributed by atoms with Crippen molar-refractivity contribution in [3.63, 3.8) is 0 Å². The van der Waals surface area contributed by atoms with Crippen molar-refractivity contribution in [2.24, 2.45) is 0 Å². The summed E-state index contributed by atoms with van der Waals surface area (Å²) in [4.78, 5) is 8.73. The van der Waals surface area contributed by atoms with Crippen LogP contribution in [0.4, 0.5) is 23.0 Å². The van der Waals surface area contributed by atoms with Gasteiger partial charge in [0.1, 0.15) is 33.9 Å². The summed E-state index contributed by atoms with van der Waals surface area (Å²) in [6, 6.07) is 13.4. The van der Waals surface area contributed by atoms with E-state index in [0.29, 0.717) is 36.3 Å². The average molecular weight is 472 g/mol. The third kappa shape index (κ3) is 6.48. The van der Waals surface area contributed by atoms with Gasteiger partial charge in [-0.1, -0.05) is 0 Å². The van der Waals surface area contributed by atoms with E-state index in [1.165, 1.54) is 6.07 Å². The molecule has 33 heavy (non-hydrogen) atoms. The zero-order valence-electron chi connectivity index (χ0n) is 19.2. The Balaban J connectivity index is 1.79. The molecule has 0 bridgehead atoms. The van der Waals surface area contributed by atoms with Crippen LogP contribution in [0.25, 0.3) is 0 Å². The summed E-state index contributed by atoms with van der Waals surface area (Å²) in [6.07, 6.45) is 0. The second-order valence-electron chi connectivity index (χ2n) is 7.00. The highest BCUT2D eigenvalue weighted by atomic mass is 32.2. The molecular weight excluding hydrogens is 442 g/mol. The van der Waals surface area contributed by atoms with E-state index in [2.05, 4.69) is 25.3 Å². The lowest BCUT2D eigenvalue weighted by molar-refractivity contribution is 0.322. The van der Waals surface area contributed by atoms with Gasteiger partial charge < -0.3 is 20.1 Å². The molecule has 0 aliphatic rings. The smallest absolute Gasteiger partial charge is 0.265 e. The Morgan fingerprint density at radius 3 is 2.18 bits per heavy atom. The lowest BCUT2D eigenvalue weighted by Gasteiger charge is -2.15. The van der Waals surface area contributed by atoms with Crippen LogP contribution < -0.4 is 24.8 Å². The van der Waals surface area contributed by atoms with Crippen molar-refractivity contribution < 1.29 is 17.9 Å². The van der Waals surface area contributed by atoms with E-state index < -0.39 is 10.0 Å². The summed E-state index contributed by atoms with van der Waals surface area (Å²) in [5.74, 6) is 2.73. The highest BCUT2D eigenvalue weighted by molar-refractivity contribution is 7.92. The quantitative estimate of drug-likeness (QED) is 0.373. The van der Waals surface area contributed by atoms with E-state index in [1.807, 2.05) is 26.8 Å². The van der Waals surface area contributed by atoms with Crippen LogP contribution in [-0.2, 0) is 10.0 Å². The largest absolute Gasteiger partial charge is 0.494 e. The zero-order valence-corrected chi connectivity index (χ0v) is 20.0. The number of rotatable bonds is 11. The highest BCUT2D eigenvalue weighted by Crippen LogP contribution is 2.30. The maximum absolute atomic E-state index is 13.1. The summed E-state index contributed by atoms with van der Waals surface area (Å²) in [7, 11) is -3.90. The number of aromatic nitrogens is 2. The lowest BCUT2D eigenvalue weighted by atomic mass is 10.3. The van der Waals surface area contributed by atoms with Crippen LogP contribution in [0.15, 0.2) is 53.4 Å². The Labute approximate surface area is 194 Å². The predicted octanol–water partition coefficient (Wildman–Crippen LogP) is 4.56. The lowest BCUT2D eigenvalue weighted by Crippen LogP contribution is -2.15. The van der Waals surface area contributed by atoms with Gasteiger partial charge in [0.15, 0.2) is 0 Å². The summed E-state index contributed by atoms with van der Waals surface area (Å²) in [5, 5.41) is 6.37. The number of nitrogens with zero attached hydrogens (tertiary/aromatic N) is 2. The molecule has 9 nitrogen and oxygen atoms in total. The van der Waals surface area contributed by atoms with E-state index in [0.717, 1.165) is 18.1 Å². The molecule has 1 aromatic heterocycles. The molecule has 3 aromatic rings. The van der Waals surface area contributed by atoms with Crippen LogP contribution in [0.5, 0.6) is 11.5 Å². The van der Waals surface area contributed by atoms with Crippen LogP contribution in [0, 0.1) is 6.92 Å².